The second kappa shape index (κ2) is 10.7. The van der Waals surface area contributed by atoms with Gasteiger partial charge >= 0.3 is 0 Å². The first kappa shape index (κ1) is 22.0. The number of nitrogen functional groups attached to an aromatic ring is 1. The van der Waals surface area contributed by atoms with Gasteiger partial charge in [-0.15, -0.1) is 24.8 Å². The molecule has 1 saturated heterocycles. The number of nitrogens with one attached hydrogen (secondary N) is 1. The van der Waals surface area contributed by atoms with E-state index in [0.29, 0.717) is 17.3 Å². The second-order valence-electron chi connectivity index (χ2n) is 6.06. The zero-order valence-corrected chi connectivity index (χ0v) is 15.6. The summed E-state index contributed by atoms with van der Waals surface area (Å²) in [6.45, 7) is 7.22. The highest BCUT2D eigenvalue weighted by molar-refractivity contribution is 5.96. The molecule has 0 saturated carbocycles. The third kappa shape index (κ3) is 6.58. The minimum Gasteiger partial charge on any atom is -0.399 e. The molecule has 1 atom stereocenters. The van der Waals surface area contributed by atoms with Gasteiger partial charge in [-0.05, 0) is 57.4 Å². The molecule has 0 aliphatic carbocycles. The van der Waals surface area contributed by atoms with E-state index in [1.54, 1.807) is 6.07 Å². The second-order valence-corrected chi connectivity index (χ2v) is 6.06. The van der Waals surface area contributed by atoms with Crippen LogP contribution in [0.4, 0.5) is 5.69 Å². The quantitative estimate of drug-likeness (QED) is 0.623. The highest BCUT2D eigenvalue weighted by Gasteiger charge is 2.17. The lowest BCUT2D eigenvalue weighted by molar-refractivity contribution is 0.0948. The number of halogens is 2. The van der Waals surface area contributed by atoms with Crippen molar-refractivity contribution in [2.24, 2.45) is 0 Å². The van der Waals surface area contributed by atoms with Crippen molar-refractivity contribution in [1.82, 2.24) is 10.2 Å². The highest BCUT2D eigenvalue weighted by atomic mass is 35.5. The molecule has 23 heavy (non-hydrogen) atoms. The van der Waals surface area contributed by atoms with Crippen LogP contribution in [-0.4, -0.2) is 36.5 Å². The summed E-state index contributed by atoms with van der Waals surface area (Å²) < 4.78 is 0. The first-order valence-electron chi connectivity index (χ1n) is 7.96. The largest absolute Gasteiger partial charge is 0.399 e. The predicted octanol–water partition coefficient (Wildman–Crippen LogP) is 3.42. The van der Waals surface area contributed by atoms with Crippen LogP contribution in [0.25, 0.3) is 0 Å². The Hall–Kier alpha value is -0.970. The van der Waals surface area contributed by atoms with Crippen LogP contribution in [0.1, 0.15) is 48.5 Å². The van der Waals surface area contributed by atoms with Crippen LogP contribution in [0.15, 0.2) is 18.2 Å². The molecule has 1 aromatic rings. The van der Waals surface area contributed by atoms with Crippen molar-refractivity contribution in [3.05, 3.63) is 29.3 Å². The van der Waals surface area contributed by atoms with Crippen LogP contribution in [-0.2, 0) is 0 Å². The molecule has 3 N–H and O–H groups in total. The van der Waals surface area contributed by atoms with Crippen LogP contribution >= 0.6 is 24.8 Å². The van der Waals surface area contributed by atoms with Gasteiger partial charge in [0.2, 0.25) is 0 Å². The van der Waals surface area contributed by atoms with Crippen molar-refractivity contribution in [3.8, 4) is 0 Å². The van der Waals surface area contributed by atoms with Gasteiger partial charge in [0, 0.05) is 30.4 Å². The number of rotatable bonds is 5. The molecule has 0 aromatic heterocycles. The van der Waals surface area contributed by atoms with Gasteiger partial charge in [-0.25, -0.2) is 0 Å². The van der Waals surface area contributed by atoms with Crippen LogP contribution in [0.5, 0.6) is 0 Å². The zero-order chi connectivity index (χ0) is 15.2. The monoisotopic (exact) mass is 361 g/mol. The SMILES string of the molecule is Cc1ccc(N)cc1C(=O)NCCCN1CCCCC1C.Cl.Cl. The molecule has 1 fully saturated rings. The number of nitrogens with zero attached hydrogens (tertiary/aromatic N) is 1. The molecule has 1 aliphatic heterocycles. The molecule has 132 valence electrons. The Morgan fingerprint density at radius 1 is 1.35 bits per heavy atom. The molecule has 2 rings (SSSR count). The van der Waals surface area contributed by atoms with Crippen molar-refractivity contribution < 1.29 is 4.79 Å². The maximum absolute atomic E-state index is 12.2. The minimum absolute atomic E-state index is 0. The van der Waals surface area contributed by atoms with Gasteiger partial charge < -0.3 is 16.0 Å². The number of nitrogens with two attached hydrogens (primary N) is 1. The molecule has 1 unspecified atom stereocenters. The molecule has 0 bridgehead atoms. The lowest BCUT2D eigenvalue weighted by atomic mass is 10.0. The van der Waals surface area contributed by atoms with Gasteiger partial charge in [0.15, 0.2) is 0 Å². The fourth-order valence-corrected chi connectivity index (χ4v) is 2.95. The van der Waals surface area contributed by atoms with Gasteiger partial charge in [0.05, 0.1) is 0 Å². The molecular formula is C17H29Cl2N3O. The van der Waals surface area contributed by atoms with E-state index in [2.05, 4.69) is 17.1 Å². The first-order valence-corrected chi connectivity index (χ1v) is 7.96. The normalized spacial score (nSPS) is 17.7. The van der Waals surface area contributed by atoms with Gasteiger partial charge in [0.25, 0.3) is 5.91 Å². The summed E-state index contributed by atoms with van der Waals surface area (Å²) in [5.41, 5.74) is 8.02. The van der Waals surface area contributed by atoms with E-state index in [-0.39, 0.29) is 30.7 Å². The summed E-state index contributed by atoms with van der Waals surface area (Å²) in [6, 6.07) is 6.14. The third-order valence-corrected chi connectivity index (χ3v) is 4.35. The number of carbonyl (C=O) groups is 1. The Morgan fingerprint density at radius 3 is 2.78 bits per heavy atom. The molecule has 1 amide bonds. The van der Waals surface area contributed by atoms with Crippen LogP contribution in [0, 0.1) is 6.92 Å². The van der Waals surface area contributed by atoms with Gasteiger partial charge in [0.1, 0.15) is 0 Å². The fourth-order valence-electron chi connectivity index (χ4n) is 2.95. The predicted molar refractivity (Wildman–Crippen MR) is 102 cm³/mol. The number of aryl methyl sites for hydroxylation is 1. The summed E-state index contributed by atoms with van der Waals surface area (Å²) in [7, 11) is 0. The Balaban J connectivity index is 0.00000242. The fraction of sp³-hybridized carbons (Fsp3) is 0.588. The average Bonchev–Trinajstić information content (AvgIpc) is 2.47. The molecule has 0 spiro atoms. The minimum atomic E-state index is -0.0218. The summed E-state index contributed by atoms with van der Waals surface area (Å²) in [4.78, 5) is 14.7. The molecular weight excluding hydrogens is 333 g/mol. The maximum Gasteiger partial charge on any atom is 0.251 e. The van der Waals surface area contributed by atoms with E-state index in [1.807, 2.05) is 19.1 Å². The van der Waals surface area contributed by atoms with Gasteiger partial charge in [-0.1, -0.05) is 12.5 Å². The number of piperidine rings is 1. The van der Waals surface area contributed by atoms with Gasteiger partial charge in [-0.3, -0.25) is 4.79 Å². The van der Waals surface area contributed by atoms with Crippen LogP contribution in [0.2, 0.25) is 0 Å². The highest BCUT2D eigenvalue weighted by Crippen LogP contribution is 2.16. The first-order chi connectivity index (χ1) is 10.1. The standard InChI is InChI=1S/C17H27N3O.2ClH/c1-13-7-8-15(18)12-16(13)17(21)19-9-5-11-20-10-4-3-6-14(20)2;;/h7-8,12,14H,3-6,9-11,18H2,1-2H3,(H,19,21);2*1H. The number of anilines is 1. The van der Waals surface area contributed by atoms with Crippen molar-refractivity contribution >= 4 is 36.4 Å². The van der Waals surface area contributed by atoms with Crippen molar-refractivity contribution in [3.63, 3.8) is 0 Å². The number of carbonyl (C=O) groups excluding carboxylic acids is 1. The van der Waals surface area contributed by atoms with Crippen molar-refractivity contribution in [2.75, 3.05) is 25.4 Å². The van der Waals surface area contributed by atoms with Crippen LogP contribution < -0.4 is 11.1 Å². The number of hydrogen-bond acceptors (Lipinski definition) is 3. The summed E-state index contributed by atoms with van der Waals surface area (Å²) in [6.07, 6.45) is 4.95. The molecule has 0 radical (unpaired) electrons. The lowest BCUT2D eigenvalue weighted by Gasteiger charge is -2.33. The molecule has 6 heteroatoms. The van der Waals surface area contributed by atoms with E-state index >= 15 is 0 Å². The third-order valence-electron chi connectivity index (χ3n) is 4.35. The van der Waals surface area contributed by atoms with E-state index in [9.17, 15) is 4.79 Å². The molecule has 1 aromatic carbocycles. The summed E-state index contributed by atoms with van der Waals surface area (Å²) in [5.74, 6) is -0.0218. The van der Waals surface area contributed by atoms with E-state index in [4.69, 9.17) is 5.73 Å². The Labute approximate surface area is 152 Å². The summed E-state index contributed by atoms with van der Waals surface area (Å²) >= 11 is 0. The van der Waals surface area contributed by atoms with Crippen molar-refractivity contribution in [1.29, 1.82) is 0 Å². The Bertz CT molecular complexity index is 497. The van der Waals surface area contributed by atoms with Crippen LogP contribution in [0.3, 0.4) is 0 Å². The topological polar surface area (TPSA) is 58.4 Å². The lowest BCUT2D eigenvalue weighted by Crippen LogP contribution is -2.39. The van der Waals surface area contributed by atoms with E-state index < -0.39 is 0 Å². The number of hydrogen-bond donors (Lipinski definition) is 2. The maximum atomic E-state index is 12.2. The Kier molecular flexibility index (Phi) is 10.3. The average molecular weight is 362 g/mol. The van der Waals surface area contributed by atoms with E-state index in [1.165, 1.54) is 25.8 Å². The number of likely N-dealkylation sites (tertiary alicyclic amines) is 1. The molecule has 4 nitrogen and oxygen atoms in total. The number of amides is 1. The zero-order valence-electron chi connectivity index (χ0n) is 14.0. The molecule has 1 aliphatic rings. The van der Waals surface area contributed by atoms with Crippen molar-refractivity contribution in [2.45, 2.75) is 45.6 Å². The van der Waals surface area contributed by atoms with E-state index in [0.717, 1.165) is 25.1 Å². The molecule has 1 heterocycles. The Morgan fingerprint density at radius 2 is 2.09 bits per heavy atom. The number of benzene rings is 1. The van der Waals surface area contributed by atoms with Gasteiger partial charge in [-0.2, -0.15) is 0 Å². The summed E-state index contributed by atoms with van der Waals surface area (Å²) in [5, 5.41) is 3.00. The smallest absolute Gasteiger partial charge is 0.251 e.